The van der Waals surface area contributed by atoms with Gasteiger partial charge < -0.3 is 10.2 Å². The maximum absolute atomic E-state index is 6.39. The van der Waals surface area contributed by atoms with E-state index in [-0.39, 0.29) is 0 Å². The number of hydrogen-bond donors (Lipinski definition) is 1. The fourth-order valence-electron chi connectivity index (χ4n) is 2.66. The van der Waals surface area contributed by atoms with Gasteiger partial charge in [0.15, 0.2) is 0 Å². The lowest BCUT2D eigenvalue weighted by Crippen LogP contribution is -2.24. The molecule has 1 fully saturated rings. The summed E-state index contributed by atoms with van der Waals surface area (Å²) >= 11 is 6.39. The molecule has 0 amide bonds. The topological polar surface area (TPSA) is 15.3 Å². The maximum atomic E-state index is 6.39. The number of anilines is 1. The van der Waals surface area contributed by atoms with Gasteiger partial charge in [0.25, 0.3) is 0 Å². The fraction of sp³-hybridized carbons (Fsp3) is 0.625. The third kappa shape index (κ3) is 4.12. The zero-order valence-corrected chi connectivity index (χ0v) is 12.8. The van der Waals surface area contributed by atoms with E-state index >= 15 is 0 Å². The van der Waals surface area contributed by atoms with Crippen LogP contribution in [0.25, 0.3) is 0 Å². The van der Waals surface area contributed by atoms with E-state index in [0.717, 1.165) is 37.1 Å². The van der Waals surface area contributed by atoms with Crippen LogP contribution >= 0.6 is 11.6 Å². The molecule has 0 saturated carbocycles. The molecule has 1 aromatic carbocycles. The Hall–Kier alpha value is -0.730. The zero-order chi connectivity index (χ0) is 13.7. The number of hydrogen-bond acceptors (Lipinski definition) is 2. The molecule has 1 saturated heterocycles. The van der Waals surface area contributed by atoms with E-state index in [1.54, 1.807) is 0 Å². The van der Waals surface area contributed by atoms with Crippen molar-refractivity contribution in [3.8, 4) is 0 Å². The summed E-state index contributed by atoms with van der Waals surface area (Å²) < 4.78 is 0. The average Bonchev–Trinajstić information content (AvgIpc) is 2.62. The van der Waals surface area contributed by atoms with Crippen LogP contribution in [-0.2, 0) is 6.54 Å². The van der Waals surface area contributed by atoms with Crippen LogP contribution in [-0.4, -0.2) is 19.6 Å². The summed E-state index contributed by atoms with van der Waals surface area (Å²) in [7, 11) is 0. The molecule has 1 unspecified atom stereocenters. The molecule has 1 aliphatic rings. The Morgan fingerprint density at radius 2 is 2.16 bits per heavy atom. The molecule has 106 valence electrons. The molecule has 2 nitrogen and oxygen atoms in total. The first-order valence-electron chi connectivity index (χ1n) is 7.44. The highest BCUT2D eigenvalue weighted by atomic mass is 35.5. The van der Waals surface area contributed by atoms with Crippen molar-refractivity contribution in [3.63, 3.8) is 0 Å². The molecular formula is C16H25ClN2. The van der Waals surface area contributed by atoms with Crippen molar-refractivity contribution in [2.24, 2.45) is 5.92 Å². The van der Waals surface area contributed by atoms with Gasteiger partial charge in [0.1, 0.15) is 0 Å². The standard InChI is InChI=1S/C16H25ClN2/c1-3-18-12-14-6-7-15(11-16(14)17)19-9-4-5-13(2)8-10-19/h6-7,11,13,18H,3-5,8-10,12H2,1-2H3. The molecular weight excluding hydrogens is 256 g/mol. The summed E-state index contributed by atoms with van der Waals surface area (Å²) in [5.74, 6) is 0.855. The summed E-state index contributed by atoms with van der Waals surface area (Å²) in [6.45, 7) is 8.61. The highest BCUT2D eigenvalue weighted by Crippen LogP contribution is 2.27. The lowest BCUT2D eigenvalue weighted by Gasteiger charge is -2.23. The lowest BCUT2D eigenvalue weighted by molar-refractivity contribution is 0.521. The van der Waals surface area contributed by atoms with Gasteiger partial charge in [-0.1, -0.05) is 31.5 Å². The Labute approximate surface area is 122 Å². The van der Waals surface area contributed by atoms with Gasteiger partial charge in [-0.2, -0.15) is 0 Å². The highest BCUT2D eigenvalue weighted by molar-refractivity contribution is 6.31. The molecule has 0 bridgehead atoms. The molecule has 1 N–H and O–H groups in total. The van der Waals surface area contributed by atoms with Gasteiger partial charge >= 0.3 is 0 Å². The van der Waals surface area contributed by atoms with Crippen molar-refractivity contribution >= 4 is 17.3 Å². The smallest absolute Gasteiger partial charge is 0.0471 e. The van der Waals surface area contributed by atoms with E-state index in [0.29, 0.717) is 0 Å². The van der Waals surface area contributed by atoms with Gasteiger partial charge in [0, 0.05) is 30.3 Å². The summed E-state index contributed by atoms with van der Waals surface area (Å²) in [5.41, 5.74) is 2.47. The molecule has 1 aliphatic heterocycles. The van der Waals surface area contributed by atoms with E-state index in [4.69, 9.17) is 11.6 Å². The van der Waals surface area contributed by atoms with E-state index in [9.17, 15) is 0 Å². The fourth-order valence-corrected chi connectivity index (χ4v) is 2.90. The summed E-state index contributed by atoms with van der Waals surface area (Å²) in [5, 5.41) is 4.21. The minimum absolute atomic E-state index is 0.854. The predicted molar refractivity (Wildman–Crippen MR) is 84.1 cm³/mol. The first-order chi connectivity index (χ1) is 9.20. The third-order valence-corrected chi connectivity index (χ3v) is 4.34. The van der Waals surface area contributed by atoms with Crippen LogP contribution in [0.4, 0.5) is 5.69 Å². The maximum Gasteiger partial charge on any atom is 0.0471 e. The van der Waals surface area contributed by atoms with Gasteiger partial charge in [0.05, 0.1) is 0 Å². The highest BCUT2D eigenvalue weighted by Gasteiger charge is 2.14. The second-order valence-corrected chi connectivity index (χ2v) is 5.99. The third-order valence-electron chi connectivity index (χ3n) is 3.98. The van der Waals surface area contributed by atoms with Crippen molar-refractivity contribution in [2.75, 3.05) is 24.5 Å². The average molecular weight is 281 g/mol. The van der Waals surface area contributed by atoms with Crippen LogP contribution in [0.15, 0.2) is 18.2 Å². The monoisotopic (exact) mass is 280 g/mol. The summed E-state index contributed by atoms with van der Waals surface area (Å²) in [6.07, 6.45) is 3.93. The number of benzene rings is 1. The van der Waals surface area contributed by atoms with Gasteiger partial charge in [-0.15, -0.1) is 0 Å². The molecule has 1 aromatic rings. The first kappa shape index (κ1) is 14.7. The van der Waals surface area contributed by atoms with Gasteiger partial charge in [-0.05, 0) is 49.4 Å². The van der Waals surface area contributed by atoms with Crippen molar-refractivity contribution in [2.45, 2.75) is 39.7 Å². The van der Waals surface area contributed by atoms with Crippen LogP contribution in [0.2, 0.25) is 5.02 Å². The van der Waals surface area contributed by atoms with Crippen molar-refractivity contribution in [1.82, 2.24) is 5.32 Å². The van der Waals surface area contributed by atoms with Gasteiger partial charge in [-0.25, -0.2) is 0 Å². The summed E-state index contributed by atoms with van der Waals surface area (Å²) in [4.78, 5) is 2.48. The van der Waals surface area contributed by atoms with Crippen LogP contribution in [0.1, 0.15) is 38.7 Å². The van der Waals surface area contributed by atoms with Crippen molar-refractivity contribution in [3.05, 3.63) is 28.8 Å². The largest absolute Gasteiger partial charge is 0.371 e. The molecule has 0 aromatic heterocycles. The first-order valence-corrected chi connectivity index (χ1v) is 7.82. The molecule has 0 spiro atoms. The molecule has 1 atom stereocenters. The van der Waals surface area contributed by atoms with Crippen LogP contribution in [0, 0.1) is 5.92 Å². The SMILES string of the molecule is CCNCc1ccc(N2CCCC(C)CC2)cc1Cl. The Balaban J connectivity index is 2.06. The Bertz CT molecular complexity index is 406. The number of nitrogens with zero attached hydrogens (tertiary/aromatic N) is 1. The Morgan fingerprint density at radius 1 is 1.32 bits per heavy atom. The minimum atomic E-state index is 0.854. The number of nitrogens with one attached hydrogen (secondary N) is 1. The molecule has 19 heavy (non-hydrogen) atoms. The minimum Gasteiger partial charge on any atom is -0.371 e. The molecule has 1 heterocycles. The Kier molecular flexibility index (Phi) is 5.53. The zero-order valence-electron chi connectivity index (χ0n) is 12.1. The van der Waals surface area contributed by atoms with E-state index in [1.165, 1.54) is 30.5 Å². The van der Waals surface area contributed by atoms with Crippen LogP contribution in [0.5, 0.6) is 0 Å². The van der Waals surface area contributed by atoms with E-state index < -0.39 is 0 Å². The molecule has 0 radical (unpaired) electrons. The predicted octanol–water partition coefficient (Wildman–Crippen LogP) is 4.08. The second kappa shape index (κ2) is 7.16. The van der Waals surface area contributed by atoms with Crippen LogP contribution in [0.3, 0.4) is 0 Å². The van der Waals surface area contributed by atoms with Crippen molar-refractivity contribution < 1.29 is 0 Å². The van der Waals surface area contributed by atoms with E-state index in [1.807, 2.05) is 0 Å². The molecule has 0 aliphatic carbocycles. The normalized spacial score (nSPS) is 20.4. The van der Waals surface area contributed by atoms with E-state index in [2.05, 4.69) is 42.3 Å². The van der Waals surface area contributed by atoms with Crippen LogP contribution < -0.4 is 10.2 Å². The summed E-state index contributed by atoms with van der Waals surface area (Å²) in [6, 6.07) is 6.51. The quantitative estimate of drug-likeness (QED) is 0.894. The Morgan fingerprint density at radius 3 is 2.89 bits per heavy atom. The number of rotatable bonds is 4. The van der Waals surface area contributed by atoms with Crippen molar-refractivity contribution in [1.29, 1.82) is 0 Å². The van der Waals surface area contributed by atoms with Gasteiger partial charge in [-0.3, -0.25) is 0 Å². The molecule has 2 rings (SSSR count). The second-order valence-electron chi connectivity index (χ2n) is 5.58. The molecule has 3 heteroatoms. The van der Waals surface area contributed by atoms with Gasteiger partial charge in [0.2, 0.25) is 0 Å². The number of halogens is 1. The lowest BCUT2D eigenvalue weighted by atomic mass is 10.0.